The van der Waals surface area contributed by atoms with Crippen LogP contribution in [0.15, 0.2) is 5.38 Å². The molecule has 1 aliphatic rings. The lowest BCUT2D eigenvalue weighted by molar-refractivity contribution is -0.141. The van der Waals surface area contributed by atoms with Gasteiger partial charge in [-0.15, -0.1) is 11.3 Å². The molecule has 1 aliphatic carbocycles. The monoisotopic (exact) mass is 226 g/mol. The number of nitrogens with zero attached hydrogens (tertiary/aromatic N) is 1. The van der Waals surface area contributed by atoms with Crippen molar-refractivity contribution in [2.24, 2.45) is 5.92 Å². The molecule has 2 atom stereocenters. The second-order valence-electron chi connectivity index (χ2n) is 3.98. The number of hydrogen-bond acceptors (Lipinski definition) is 4. The maximum absolute atomic E-state index is 10.8. The summed E-state index contributed by atoms with van der Waals surface area (Å²) in [6.07, 6.45) is 2.42. The summed E-state index contributed by atoms with van der Waals surface area (Å²) in [6, 6.07) is 0.275. The molecule has 1 aromatic heterocycles. The van der Waals surface area contributed by atoms with Crippen LogP contribution in [0.2, 0.25) is 0 Å². The molecular weight excluding hydrogens is 212 g/mol. The van der Waals surface area contributed by atoms with Crippen molar-refractivity contribution in [1.29, 1.82) is 0 Å². The normalized spacial score (nSPS) is 25.4. The van der Waals surface area contributed by atoms with E-state index in [1.54, 1.807) is 11.3 Å². The summed E-state index contributed by atoms with van der Waals surface area (Å²) in [5.74, 6) is -0.849. The van der Waals surface area contributed by atoms with Gasteiger partial charge in [0.25, 0.3) is 0 Å². The zero-order valence-corrected chi connectivity index (χ0v) is 9.38. The number of aromatic nitrogens is 1. The third kappa shape index (κ3) is 2.47. The van der Waals surface area contributed by atoms with Crippen molar-refractivity contribution in [3.63, 3.8) is 0 Å². The fourth-order valence-electron chi connectivity index (χ4n) is 1.93. The van der Waals surface area contributed by atoms with Gasteiger partial charge in [-0.1, -0.05) is 0 Å². The average molecular weight is 226 g/mol. The van der Waals surface area contributed by atoms with Crippen LogP contribution >= 0.6 is 11.3 Å². The Morgan fingerprint density at radius 1 is 1.67 bits per heavy atom. The highest BCUT2D eigenvalue weighted by Gasteiger charge is 2.29. The van der Waals surface area contributed by atoms with Crippen molar-refractivity contribution < 1.29 is 9.90 Å². The first-order valence-corrected chi connectivity index (χ1v) is 5.94. The number of hydrogen-bond donors (Lipinski definition) is 2. The summed E-state index contributed by atoms with van der Waals surface area (Å²) in [5, 5.41) is 15.0. The van der Waals surface area contributed by atoms with Crippen molar-refractivity contribution in [3.8, 4) is 0 Å². The highest BCUT2D eigenvalue weighted by atomic mass is 32.1. The summed E-state index contributed by atoms with van der Waals surface area (Å²) in [6.45, 7) is 1.95. The SMILES string of the molecule is Cc1csc(NC2CCC(C(=O)O)C2)n1. The highest BCUT2D eigenvalue weighted by Crippen LogP contribution is 2.29. The lowest BCUT2D eigenvalue weighted by Gasteiger charge is -2.10. The van der Waals surface area contributed by atoms with Gasteiger partial charge in [0.15, 0.2) is 5.13 Å². The maximum atomic E-state index is 10.8. The molecule has 0 spiro atoms. The lowest BCUT2D eigenvalue weighted by atomic mass is 10.1. The molecule has 0 aromatic carbocycles. The Kier molecular flexibility index (Phi) is 2.90. The van der Waals surface area contributed by atoms with Crippen LogP contribution in [-0.2, 0) is 4.79 Å². The third-order valence-corrected chi connectivity index (χ3v) is 3.62. The van der Waals surface area contributed by atoms with Gasteiger partial charge in [-0.05, 0) is 26.2 Å². The molecular formula is C10H14N2O2S. The highest BCUT2D eigenvalue weighted by molar-refractivity contribution is 7.13. The predicted octanol–water partition coefficient (Wildman–Crippen LogP) is 2.12. The summed E-state index contributed by atoms with van der Waals surface area (Å²) >= 11 is 1.58. The summed E-state index contributed by atoms with van der Waals surface area (Å²) in [7, 11) is 0. The van der Waals surface area contributed by atoms with E-state index in [9.17, 15) is 4.79 Å². The minimum atomic E-state index is -0.672. The van der Waals surface area contributed by atoms with Crippen molar-refractivity contribution in [3.05, 3.63) is 11.1 Å². The topological polar surface area (TPSA) is 62.2 Å². The quantitative estimate of drug-likeness (QED) is 0.828. The van der Waals surface area contributed by atoms with Crippen LogP contribution in [0.1, 0.15) is 25.0 Å². The molecule has 2 unspecified atom stereocenters. The number of carbonyl (C=O) groups is 1. The first-order valence-electron chi connectivity index (χ1n) is 5.06. The minimum absolute atomic E-state index is 0.177. The molecule has 1 aromatic rings. The zero-order chi connectivity index (χ0) is 10.8. The minimum Gasteiger partial charge on any atom is -0.481 e. The van der Waals surface area contributed by atoms with Gasteiger partial charge in [0, 0.05) is 11.4 Å². The summed E-state index contributed by atoms with van der Waals surface area (Å²) in [5.41, 5.74) is 1.01. The van der Waals surface area contributed by atoms with Crippen molar-refractivity contribution in [1.82, 2.24) is 4.98 Å². The Hall–Kier alpha value is -1.10. The molecule has 15 heavy (non-hydrogen) atoms. The second kappa shape index (κ2) is 4.18. The Balaban J connectivity index is 1.90. The molecule has 0 radical (unpaired) electrons. The van der Waals surface area contributed by atoms with E-state index in [0.29, 0.717) is 6.42 Å². The summed E-state index contributed by atoms with van der Waals surface area (Å²) in [4.78, 5) is 15.1. The molecule has 2 N–H and O–H groups in total. The number of aliphatic carboxylic acids is 1. The molecule has 5 heteroatoms. The number of carboxylic acids is 1. The van der Waals surface area contributed by atoms with Gasteiger partial charge in [-0.2, -0.15) is 0 Å². The van der Waals surface area contributed by atoms with Crippen LogP contribution in [0, 0.1) is 12.8 Å². The van der Waals surface area contributed by atoms with Crippen molar-refractivity contribution >= 4 is 22.4 Å². The number of rotatable bonds is 3. The van der Waals surface area contributed by atoms with Crippen LogP contribution in [0.25, 0.3) is 0 Å². The van der Waals surface area contributed by atoms with Crippen LogP contribution in [0.4, 0.5) is 5.13 Å². The van der Waals surface area contributed by atoms with E-state index in [-0.39, 0.29) is 12.0 Å². The average Bonchev–Trinajstić information content (AvgIpc) is 2.76. The lowest BCUT2D eigenvalue weighted by Crippen LogP contribution is -2.17. The Bertz CT molecular complexity index is 364. The number of thiazole rings is 1. The molecule has 0 bridgehead atoms. The van der Waals surface area contributed by atoms with Crippen LogP contribution in [0.5, 0.6) is 0 Å². The molecule has 0 amide bonds. The van der Waals surface area contributed by atoms with Gasteiger partial charge < -0.3 is 10.4 Å². The number of anilines is 1. The van der Waals surface area contributed by atoms with Crippen LogP contribution in [0.3, 0.4) is 0 Å². The van der Waals surface area contributed by atoms with E-state index < -0.39 is 5.97 Å². The first-order chi connectivity index (χ1) is 7.15. The fourth-order valence-corrected chi connectivity index (χ4v) is 2.70. The van der Waals surface area contributed by atoms with Crippen LogP contribution < -0.4 is 5.32 Å². The van der Waals surface area contributed by atoms with Crippen LogP contribution in [-0.4, -0.2) is 22.1 Å². The molecule has 4 nitrogen and oxygen atoms in total. The summed E-state index contributed by atoms with van der Waals surface area (Å²) < 4.78 is 0. The second-order valence-corrected chi connectivity index (χ2v) is 4.84. The fraction of sp³-hybridized carbons (Fsp3) is 0.600. The van der Waals surface area contributed by atoms with E-state index >= 15 is 0 Å². The Labute approximate surface area is 92.3 Å². The Morgan fingerprint density at radius 3 is 3.00 bits per heavy atom. The van der Waals surface area contributed by atoms with Gasteiger partial charge >= 0.3 is 5.97 Å². The van der Waals surface area contributed by atoms with E-state index in [1.165, 1.54) is 0 Å². The maximum Gasteiger partial charge on any atom is 0.306 e. The van der Waals surface area contributed by atoms with E-state index in [1.807, 2.05) is 12.3 Å². The number of carboxylic acid groups (broad SMARTS) is 1. The zero-order valence-electron chi connectivity index (χ0n) is 8.56. The van der Waals surface area contributed by atoms with E-state index in [0.717, 1.165) is 23.7 Å². The van der Waals surface area contributed by atoms with E-state index in [4.69, 9.17) is 5.11 Å². The molecule has 1 saturated carbocycles. The predicted molar refractivity (Wildman–Crippen MR) is 59.2 cm³/mol. The van der Waals surface area contributed by atoms with Crippen molar-refractivity contribution in [2.45, 2.75) is 32.2 Å². The molecule has 0 aliphatic heterocycles. The molecule has 82 valence electrons. The largest absolute Gasteiger partial charge is 0.481 e. The van der Waals surface area contributed by atoms with Gasteiger partial charge in [0.1, 0.15) is 0 Å². The van der Waals surface area contributed by atoms with Crippen molar-refractivity contribution in [2.75, 3.05) is 5.32 Å². The molecule has 1 heterocycles. The van der Waals surface area contributed by atoms with Gasteiger partial charge in [0.2, 0.25) is 0 Å². The Morgan fingerprint density at radius 2 is 2.47 bits per heavy atom. The number of aryl methyl sites for hydroxylation is 1. The molecule has 1 fully saturated rings. The third-order valence-electron chi connectivity index (χ3n) is 2.73. The van der Waals surface area contributed by atoms with Gasteiger partial charge in [0.05, 0.1) is 11.6 Å². The first kappa shape index (κ1) is 10.4. The smallest absolute Gasteiger partial charge is 0.306 e. The van der Waals surface area contributed by atoms with E-state index in [2.05, 4.69) is 10.3 Å². The molecule has 0 saturated heterocycles. The molecule has 2 rings (SSSR count). The number of nitrogens with one attached hydrogen (secondary N) is 1. The standard InChI is InChI=1S/C10H14N2O2S/c1-6-5-15-10(11-6)12-8-3-2-7(4-8)9(13)14/h5,7-8H,2-4H2,1H3,(H,11,12)(H,13,14). The van der Waals surface area contributed by atoms with Gasteiger partial charge in [-0.3, -0.25) is 4.79 Å². The van der Waals surface area contributed by atoms with Gasteiger partial charge in [-0.25, -0.2) is 4.98 Å².